The second-order valence-electron chi connectivity index (χ2n) is 3.06. The van der Waals surface area contributed by atoms with Crippen molar-refractivity contribution in [2.24, 2.45) is 0 Å². The molecule has 5 heteroatoms. The average Bonchev–Trinajstić information content (AvgIpc) is 2.30. The molecule has 2 N–H and O–H groups in total. The molecule has 0 spiro atoms. The summed E-state index contributed by atoms with van der Waals surface area (Å²) in [5.41, 5.74) is 0. The van der Waals surface area contributed by atoms with Gasteiger partial charge in [-0.25, -0.2) is 0 Å². The number of nitrogens with one attached hydrogen (secondary N) is 1. The van der Waals surface area contributed by atoms with E-state index in [-0.39, 0.29) is 6.61 Å². The highest BCUT2D eigenvalue weighted by molar-refractivity contribution is 7.71. The van der Waals surface area contributed by atoms with Gasteiger partial charge in [-0.1, -0.05) is 0 Å². The molecule has 1 aliphatic carbocycles. The molecule has 2 rings (SSSR count). The average molecular weight is 185 g/mol. The Bertz CT molecular complexity index is 326. The van der Waals surface area contributed by atoms with Crippen LogP contribution >= 0.6 is 12.2 Å². The fourth-order valence-electron chi connectivity index (χ4n) is 1.47. The van der Waals surface area contributed by atoms with Crippen molar-refractivity contribution in [3.63, 3.8) is 0 Å². The summed E-state index contributed by atoms with van der Waals surface area (Å²) in [5.74, 6) is 0.657. The normalized spacial score (nSPS) is 17.8. The number of aromatic nitrogens is 3. The van der Waals surface area contributed by atoms with Crippen LogP contribution in [0.2, 0.25) is 0 Å². The van der Waals surface area contributed by atoms with Crippen molar-refractivity contribution in [1.29, 1.82) is 0 Å². The summed E-state index contributed by atoms with van der Waals surface area (Å²) in [4.78, 5) is 0. The second kappa shape index (κ2) is 2.99. The van der Waals surface area contributed by atoms with Gasteiger partial charge in [0.1, 0.15) is 6.61 Å². The quantitative estimate of drug-likeness (QED) is 0.680. The lowest BCUT2D eigenvalue weighted by Crippen LogP contribution is -2.19. The molecular formula is C7H11N3OS. The summed E-state index contributed by atoms with van der Waals surface area (Å²) >= 11 is 5.05. The summed E-state index contributed by atoms with van der Waals surface area (Å²) < 4.78 is 2.56. The molecule has 0 saturated heterocycles. The second-order valence-corrected chi connectivity index (χ2v) is 3.44. The standard InChI is InChI=1S/C7H11N3OS/c11-4-6-8-9-7(12)10(6)5-2-1-3-5/h5,11H,1-4H2,(H,9,12). The Kier molecular flexibility index (Phi) is 1.98. The highest BCUT2D eigenvalue weighted by Crippen LogP contribution is 2.32. The Morgan fingerprint density at radius 2 is 2.42 bits per heavy atom. The van der Waals surface area contributed by atoms with E-state index < -0.39 is 0 Å². The number of H-pyrrole nitrogens is 1. The summed E-state index contributed by atoms with van der Waals surface area (Å²) in [6.45, 7) is -0.0381. The van der Waals surface area contributed by atoms with E-state index in [0.717, 1.165) is 12.8 Å². The van der Waals surface area contributed by atoms with Crippen LogP contribution in [0.15, 0.2) is 0 Å². The van der Waals surface area contributed by atoms with Crippen molar-refractivity contribution in [1.82, 2.24) is 14.8 Å². The Balaban J connectivity index is 2.38. The minimum Gasteiger partial charge on any atom is -0.388 e. The van der Waals surface area contributed by atoms with Gasteiger partial charge in [0, 0.05) is 6.04 Å². The first-order valence-electron chi connectivity index (χ1n) is 4.09. The Morgan fingerprint density at radius 1 is 1.67 bits per heavy atom. The lowest BCUT2D eigenvalue weighted by molar-refractivity contribution is 0.239. The number of aliphatic hydroxyl groups is 1. The smallest absolute Gasteiger partial charge is 0.195 e. The van der Waals surface area contributed by atoms with Gasteiger partial charge in [-0.2, -0.15) is 5.10 Å². The van der Waals surface area contributed by atoms with Crippen LogP contribution in [0.5, 0.6) is 0 Å². The van der Waals surface area contributed by atoms with Gasteiger partial charge in [-0.3, -0.25) is 9.67 Å². The summed E-state index contributed by atoms with van der Waals surface area (Å²) in [6.07, 6.45) is 3.56. The predicted molar refractivity (Wildman–Crippen MR) is 46.2 cm³/mol. The molecule has 0 radical (unpaired) electrons. The van der Waals surface area contributed by atoms with Crippen LogP contribution in [0.3, 0.4) is 0 Å². The van der Waals surface area contributed by atoms with E-state index in [1.54, 1.807) is 0 Å². The molecule has 4 nitrogen and oxygen atoms in total. The maximum absolute atomic E-state index is 8.95. The SMILES string of the molecule is OCc1n[nH]c(=S)n1C1CCC1. The van der Waals surface area contributed by atoms with E-state index >= 15 is 0 Å². The molecule has 1 aromatic heterocycles. The Morgan fingerprint density at radius 3 is 2.92 bits per heavy atom. The minimum absolute atomic E-state index is 0.0381. The number of aliphatic hydroxyl groups excluding tert-OH is 1. The van der Waals surface area contributed by atoms with Crippen LogP contribution in [0.4, 0.5) is 0 Å². The van der Waals surface area contributed by atoms with Crippen molar-refractivity contribution in [2.45, 2.75) is 31.9 Å². The van der Waals surface area contributed by atoms with Crippen molar-refractivity contribution in [2.75, 3.05) is 0 Å². The summed E-state index contributed by atoms with van der Waals surface area (Å²) in [7, 11) is 0. The Labute approximate surface area is 75.2 Å². The van der Waals surface area contributed by atoms with E-state index in [0.29, 0.717) is 16.6 Å². The predicted octanol–water partition coefficient (Wildman–Crippen LogP) is 1.16. The van der Waals surface area contributed by atoms with Crippen molar-refractivity contribution in [3.8, 4) is 0 Å². The molecule has 0 aromatic carbocycles. The first-order valence-corrected chi connectivity index (χ1v) is 4.50. The van der Waals surface area contributed by atoms with Crippen molar-refractivity contribution < 1.29 is 5.11 Å². The molecule has 66 valence electrons. The zero-order chi connectivity index (χ0) is 8.55. The van der Waals surface area contributed by atoms with Crippen LogP contribution in [0.1, 0.15) is 31.1 Å². The molecular weight excluding hydrogens is 174 g/mol. The highest BCUT2D eigenvalue weighted by Gasteiger charge is 2.22. The molecule has 1 heterocycles. The molecule has 1 aromatic rings. The molecule has 0 unspecified atom stereocenters. The van der Waals surface area contributed by atoms with Crippen molar-refractivity contribution >= 4 is 12.2 Å². The van der Waals surface area contributed by atoms with Gasteiger partial charge < -0.3 is 5.11 Å². The van der Waals surface area contributed by atoms with Crippen LogP contribution < -0.4 is 0 Å². The molecule has 0 atom stereocenters. The number of nitrogens with zero attached hydrogens (tertiary/aromatic N) is 2. The van der Waals surface area contributed by atoms with Crippen LogP contribution in [-0.4, -0.2) is 19.9 Å². The van der Waals surface area contributed by atoms with E-state index in [1.165, 1.54) is 6.42 Å². The van der Waals surface area contributed by atoms with Gasteiger partial charge in [0.2, 0.25) is 0 Å². The van der Waals surface area contributed by atoms with Gasteiger partial charge in [0.05, 0.1) is 0 Å². The molecule has 1 saturated carbocycles. The highest BCUT2D eigenvalue weighted by atomic mass is 32.1. The van der Waals surface area contributed by atoms with E-state index in [1.807, 2.05) is 4.57 Å². The van der Waals surface area contributed by atoms with Gasteiger partial charge in [-0.05, 0) is 31.5 Å². The molecule has 0 aliphatic heterocycles. The van der Waals surface area contributed by atoms with E-state index in [2.05, 4.69) is 10.2 Å². The molecule has 0 bridgehead atoms. The monoisotopic (exact) mass is 185 g/mol. The zero-order valence-corrected chi connectivity index (χ0v) is 7.47. The van der Waals surface area contributed by atoms with E-state index in [4.69, 9.17) is 17.3 Å². The lowest BCUT2D eigenvalue weighted by atomic mass is 9.93. The number of aromatic amines is 1. The van der Waals surface area contributed by atoms with Gasteiger partial charge in [-0.15, -0.1) is 0 Å². The first kappa shape index (κ1) is 7.94. The minimum atomic E-state index is -0.0381. The fraction of sp³-hybridized carbons (Fsp3) is 0.714. The summed E-state index contributed by atoms with van der Waals surface area (Å²) in [6, 6.07) is 0.471. The third kappa shape index (κ3) is 1.09. The lowest BCUT2D eigenvalue weighted by Gasteiger charge is -2.27. The Hall–Kier alpha value is -0.680. The maximum atomic E-state index is 8.95. The molecule has 12 heavy (non-hydrogen) atoms. The molecule has 1 fully saturated rings. The zero-order valence-electron chi connectivity index (χ0n) is 6.66. The van der Waals surface area contributed by atoms with Gasteiger partial charge >= 0.3 is 0 Å². The molecule has 1 aliphatic rings. The third-order valence-electron chi connectivity index (χ3n) is 2.36. The maximum Gasteiger partial charge on any atom is 0.195 e. The van der Waals surface area contributed by atoms with Crippen LogP contribution in [0.25, 0.3) is 0 Å². The van der Waals surface area contributed by atoms with Gasteiger partial charge in [0.15, 0.2) is 10.6 Å². The largest absolute Gasteiger partial charge is 0.388 e. The van der Waals surface area contributed by atoms with Gasteiger partial charge in [0.25, 0.3) is 0 Å². The number of hydrogen-bond acceptors (Lipinski definition) is 3. The van der Waals surface area contributed by atoms with Crippen molar-refractivity contribution in [3.05, 3.63) is 10.6 Å². The molecule has 0 amide bonds. The number of hydrogen-bond donors (Lipinski definition) is 2. The fourth-order valence-corrected chi connectivity index (χ4v) is 1.77. The summed E-state index contributed by atoms with van der Waals surface area (Å²) in [5, 5.41) is 15.6. The number of rotatable bonds is 2. The first-order chi connectivity index (χ1) is 5.83. The van der Waals surface area contributed by atoms with Crippen LogP contribution in [-0.2, 0) is 6.61 Å². The van der Waals surface area contributed by atoms with Crippen LogP contribution in [0, 0.1) is 4.77 Å². The third-order valence-corrected chi connectivity index (χ3v) is 2.65. The van der Waals surface area contributed by atoms with E-state index in [9.17, 15) is 0 Å². The topological polar surface area (TPSA) is 53.8 Å².